The van der Waals surface area contributed by atoms with Gasteiger partial charge in [-0.15, -0.1) is 0 Å². The Morgan fingerprint density at radius 2 is 1.65 bits per heavy atom. The minimum atomic E-state index is 0.832. The monoisotopic (exact) mass is 238 g/mol. The molecule has 0 radical (unpaired) electrons. The number of hydrogen-bond donors (Lipinski definition) is 1. The van der Waals surface area contributed by atoms with Gasteiger partial charge in [0.2, 0.25) is 0 Å². The van der Waals surface area contributed by atoms with E-state index < -0.39 is 0 Å². The molecule has 17 heavy (non-hydrogen) atoms. The smallest absolute Gasteiger partial charge is 0.00675 e. The molecule has 0 aromatic rings. The van der Waals surface area contributed by atoms with E-state index in [4.69, 9.17) is 0 Å². The fraction of sp³-hybridized carbons (Fsp3) is 1.00. The summed E-state index contributed by atoms with van der Waals surface area (Å²) >= 11 is 0. The highest BCUT2D eigenvalue weighted by Crippen LogP contribution is 2.14. The molecule has 0 aromatic carbocycles. The van der Waals surface area contributed by atoms with E-state index in [1.54, 1.807) is 0 Å². The fourth-order valence-corrected chi connectivity index (χ4v) is 3.27. The van der Waals surface area contributed by atoms with Gasteiger partial charge in [-0.05, 0) is 64.7 Å². The van der Waals surface area contributed by atoms with Crippen LogP contribution in [0.15, 0.2) is 0 Å². The normalized spacial score (nSPS) is 28.6. The fourth-order valence-electron chi connectivity index (χ4n) is 3.27. The molecular formula is C15H30N2. The van der Waals surface area contributed by atoms with Crippen LogP contribution in [0.4, 0.5) is 0 Å². The van der Waals surface area contributed by atoms with Gasteiger partial charge in [0.05, 0.1) is 0 Å². The highest BCUT2D eigenvalue weighted by atomic mass is 15.1. The van der Waals surface area contributed by atoms with Crippen molar-refractivity contribution in [3.63, 3.8) is 0 Å². The summed E-state index contributed by atoms with van der Waals surface area (Å²) in [5, 5.41) is 3.66. The number of piperidine rings is 1. The summed E-state index contributed by atoms with van der Waals surface area (Å²) in [6.07, 6.45) is 14.3. The van der Waals surface area contributed by atoms with Crippen molar-refractivity contribution in [1.29, 1.82) is 0 Å². The van der Waals surface area contributed by atoms with E-state index in [1.807, 2.05) is 0 Å². The third-order valence-corrected chi connectivity index (χ3v) is 4.39. The molecule has 100 valence electrons. The van der Waals surface area contributed by atoms with Gasteiger partial charge in [-0.1, -0.05) is 25.7 Å². The van der Waals surface area contributed by atoms with Crippen molar-refractivity contribution < 1.29 is 0 Å². The first-order valence-electron chi connectivity index (χ1n) is 7.91. The first kappa shape index (κ1) is 13.4. The second-order valence-corrected chi connectivity index (χ2v) is 5.90. The molecular weight excluding hydrogens is 208 g/mol. The van der Waals surface area contributed by atoms with Gasteiger partial charge in [-0.3, -0.25) is 0 Å². The van der Waals surface area contributed by atoms with E-state index in [9.17, 15) is 0 Å². The Labute approximate surface area is 107 Å². The van der Waals surface area contributed by atoms with Gasteiger partial charge in [0, 0.05) is 6.04 Å². The molecule has 0 aromatic heterocycles. The molecule has 2 saturated heterocycles. The molecule has 2 heterocycles. The minimum absolute atomic E-state index is 0.832. The molecule has 1 N–H and O–H groups in total. The second kappa shape index (κ2) is 8.10. The summed E-state index contributed by atoms with van der Waals surface area (Å²) in [5.41, 5.74) is 0. The lowest BCUT2D eigenvalue weighted by Crippen LogP contribution is -2.35. The molecule has 0 aliphatic carbocycles. The summed E-state index contributed by atoms with van der Waals surface area (Å²) in [6, 6.07) is 0.832. The third kappa shape index (κ3) is 5.39. The summed E-state index contributed by atoms with van der Waals surface area (Å²) in [5.74, 6) is 0. The first-order valence-corrected chi connectivity index (χ1v) is 7.91. The Bertz CT molecular complexity index is 179. The zero-order valence-corrected chi connectivity index (χ0v) is 11.4. The number of hydrogen-bond acceptors (Lipinski definition) is 2. The van der Waals surface area contributed by atoms with Crippen molar-refractivity contribution >= 4 is 0 Å². The van der Waals surface area contributed by atoms with Crippen molar-refractivity contribution in [2.75, 3.05) is 26.2 Å². The number of likely N-dealkylation sites (tertiary alicyclic amines) is 1. The Morgan fingerprint density at radius 3 is 2.35 bits per heavy atom. The van der Waals surface area contributed by atoms with Crippen LogP contribution in [-0.2, 0) is 0 Å². The largest absolute Gasteiger partial charge is 0.314 e. The molecule has 1 unspecified atom stereocenters. The lowest BCUT2D eigenvalue weighted by Gasteiger charge is -2.27. The lowest BCUT2D eigenvalue weighted by molar-refractivity contribution is 0.236. The van der Waals surface area contributed by atoms with E-state index in [2.05, 4.69) is 10.2 Å². The summed E-state index contributed by atoms with van der Waals surface area (Å²) in [4.78, 5) is 2.71. The van der Waals surface area contributed by atoms with Gasteiger partial charge in [0.25, 0.3) is 0 Å². The molecule has 2 heteroatoms. The van der Waals surface area contributed by atoms with Crippen LogP contribution in [0.1, 0.15) is 64.2 Å². The van der Waals surface area contributed by atoms with Crippen LogP contribution < -0.4 is 5.32 Å². The first-order chi connectivity index (χ1) is 8.45. The molecule has 2 nitrogen and oxygen atoms in total. The quantitative estimate of drug-likeness (QED) is 0.809. The van der Waals surface area contributed by atoms with Gasteiger partial charge in [-0.2, -0.15) is 0 Å². The Hall–Kier alpha value is -0.0800. The molecule has 2 aliphatic rings. The van der Waals surface area contributed by atoms with Gasteiger partial charge in [0.1, 0.15) is 0 Å². The molecule has 2 aliphatic heterocycles. The Kier molecular flexibility index (Phi) is 6.36. The molecule has 2 fully saturated rings. The maximum atomic E-state index is 3.66. The average molecular weight is 238 g/mol. The van der Waals surface area contributed by atoms with Gasteiger partial charge in [0.15, 0.2) is 0 Å². The summed E-state index contributed by atoms with van der Waals surface area (Å²) in [7, 11) is 0. The lowest BCUT2D eigenvalue weighted by atomic mass is 10.0. The van der Waals surface area contributed by atoms with E-state index >= 15 is 0 Å². The Balaban J connectivity index is 1.56. The van der Waals surface area contributed by atoms with Crippen LogP contribution in [0.25, 0.3) is 0 Å². The van der Waals surface area contributed by atoms with Crippen LogP contribution in [0.5, 0.6) is 0 Å². The molecule has 0 amide bonds. The maximum absolute atomic E-state index is 3.66. The van der Waals surface area contributed by atoms with Crippen LogP contribution in [-0.4, -0.2) is 37.1 Å². The topological polar surface area (TPSA) is 15.3 Å². The highest BCUT2D eigenvalue weighted by Gasteiger charge is 2.13. The van der Waals surface area contributed by atoms with Gasteiger partial charge >= 0.3 is 0 Å². The van der Waals surface area contributed by atoms with Crippen molar-refractivity contribution in [1.82, 2.24) is 10.2 Å². The van der Waals surface area contributed by atoms with Crippen molar-refractivity contribution in [2.24, 2.45) is 0 Å². The molecule has 2 rings (SSSR count). The van der Waals surface area contributed by atoms with E-state index in [-0.39, 0.29) is 0 Å². The minimum Gasteiger partial charge on any atom is -0.314 e. The van der Waals surface area contributed by atoms with Crippen LogP contribution in [0, 0.1) is 0 Å². The van der Waals surface area contributed by atoms with Crippen LogP contribution in [0.3, 0.4) is 0 Å². The molecule has 0 spiro atoms. The van der Waals surface area contributed by atoms with Gasteiger partial charge < -0.3 is 10.2 Å². The van der Waals surface area contributed by atoms with Crippen molar-refractivity contribution in [3.8, 4) is 0 Å². The predicted octanol–water partition coefficient (Wildman–Crippen LogP) is 3.17. The van der Waals surface area contributed by atoms with Gasteiger partial charge in [-0.25, -0.2) is 0 Å². The average Bonchev–Trinajstić information content (AvgIpc) is 2.33. The SMILES string of the molecule is C1CCCN(CCCC2CCCCN2)CCC1. The third-order valence-electron chi connectivity index (χ3n) is 4.39. The molecule has 0 saturated carbocycles. The van der Waals surface area contributed by atoms with E-state index in [1.165, 1.54) is 90.4 Å². The van der Waals surface area contributed by atoms with Crippen LogP contribution in [0.2, 0.25) is 0 Å². The number of rotatable bonds is 4. The number of nitrogens with one attached hydrogen (secondary N) is 1. The van der Waals surface area contributed by atoms with Crippen molar-refractivity contribution in [2.45, 2.75) is 70.3 Å². The maximum Gasteiger partial charge on any atom is 0.00675 e. The summed E-state index contributed by atoms with van der Waals surface area (Å²) in [6.45, 7) is 5.32. The van der Waals surface area contributed by atoms with E-state index in [0.717, 1.165) is 6.04 Å². The second-order valence-electron chi connectivity index (χ2n) is 5.90. The Morgan fingerprint density at radius 1 is 0.882 bits per heavy atom. The van der Waals surface area contributed by atoms with Crippen molar-refractivity contribution in [3.05, 3.63) is 0 Å². The zero-order valence-electron chi connectivity index (χ0n) is 11.4. The standard InChI is InChI=1S/C15H30N2/c1-2-6-12-17(13-7-3-1)14-8-10-15-9-4-5-11-16-15/h15-16H,1-14H2. The summed E-state index contributed by atoms with van der Waals surface area (Å²) < 4.78 is 0. The highest BCUT2D eigenvalue weighted by molar-refractivity contribution is 4.73. The van der Waals surface area contributed by atoms with Crippen LogP contribution >= 0.6 is 0 Å². The molecule has 0 bridgehead atoms. The zero-order chi connectivity index (χ0) is 11.8. The number of nitrogens with zero attached hydrogens (tertiary/aromatic N) is 1. The molecule has 1 atom stereocenters. The van der Waals surface area contributed by atoms with E-state index in [0.29, 0.717) is 0 Å². The predicted molar refractivity (Wildman–Crippen MR) is 74.4 cm³/mol.